The van der Waals surface area contributed by atoms with Gasteiger partial charge in [-0.2, -0.15) is 0 Å². The van der Waals surface area contributed by atoms with Gasteiger partial charge in [0.1, 0.15) is 0 Å². The summed E-state index contributed by atoms with van der Waals surface area (Å²) in [6.45, 7) is 4.86. The molecule has 2 fully saturated rings. The molecule has 3 rings (SSSR count). The highest BCUT2D eigenvalue weighted by atomic mass is 127. The summed E-state index contributed by atoms with van der Waals surface area (Å²) >= 11 is 0. The number of guanidine groups is 1. The fraction of sp³-hybridized carbons (Fsp3) is 0.737. The van der Waals surface area contributed by atoms with Crippen LogP contribution in [0.5, 0.6) is 0 Å². The quantitative estimate of drug-likeness (QED) is 0.416. The Labute approximate surface area is 174 Å². The third-order valence-corrected chi connectivity index (χ3v) is 5.40. The Morgan fingerprint density at radius 1 is 1.04 bits per heavy atom. The number of nitrogens with one attached hydrogen (secondary N) is 1. The van der Waals surface area contributed by atoms with Gasteiger partial charge in [0.25, 0.3) is 0 Å². The molecular formula is C19H33IN6. The lowest BCUT2D eigenvalue weighted by atomic mass is 9.91. The van der Waals surface area contributed by atoms with E-state index in [4.69, 9.17) is 0 Å². The van der Waals surface area contributed by atoms with E-state index in [9.17, 15) is 0 Å². The highest BCUT2D eigenvalue weighted by Crippen LogP contribution is 2.21. The number of hydrogen-bond donors (Lipinski definition) is 1. The fourth-order valence-electron chi connectivity index (χ4n) is 3.89. The molecule has 146 valence electrons. The van der Waals surface area contributed by atoms with Crippen molar-refractivity contribution in [3.8, 4) is 0 Å². The number of aliphatic imine (C=N–C) groups is 1. The summed E-state index contributed by atoms with van der Waals surface area (Å²) in [4.78, 5) is 17.8. The van der Waals surface area contributed by atoms with Crippen LogP contribution in [0.4, 0.5) is 5.95 Å². The van der Waals surface area contributed by atoms with Gasteiger partial charge >= 0.3 is 0 Å². The topological polar surface area (TPSA) is 56.7 Å². The van der Waals surface area contributed by atoms with Gasteiger partial charge in [0.2, 0.25) is 5.95 Å². The van der Waals surface area contributed by atoms with Gasteiger partial charge in [-0.1, -0.05) is 32.1 Å². The van der Waals surface area contributed by atoms with Gasteiger partial charge in [0.15, 0.2) is 5.96 Å². The summed E-state index contributed by atoms with van der Waals surface area (Å²) in [7, 11) is 1.90. The van der Waals surface area contributed by atoms with Gasteiger partial charge < -0.3 is 15.1 Å². The number of nitrogens with zero attached hydrogens (tertiary/aromatic N) is 5. The molecule has 1 aromatic rings. The second-order valence-electron chi connectivity index (χ2n) is 7.16. The molecule has 0 spiro atoms. The van der Waals surface area contributed by atoms with Crippen molar-refractivity contribution in [2.75, 3.05) is 44.7 Å². The molecule has 7 heteroatoms. The first-order valence-electron chi connectivity index (χ1n) is 9.84. The molecule has 1 N–H and O–H groups in total. The third-order valence-electron chi connectivity index (χ3n) is 5.40. The molecule has 6 nitrogen and oxygen atoms in total. The van der Waals surface area contributed by atoms with Gasteiger partial charge in [0, 0.05) is 52.2 Å². The maximum Gasteiger partial charge on any atom is 0.225 e. The lowest BCUT2D eigenvalue weighted by Gasteiger charge is -2.36. The fourth-order valence-corrected chi connectivity index (χ4v) is 3.89. The molecular weight excluding hydrogens is 439 g/mol. The van der Waals surface area contributed by atoms with Crippen molar-refractivity contribution in [2.24, 2.45) is 10.9 Å². The molecule has 1 aliphatic heterocycles. The molecule has 0 radical (unpaired) electrons. The van der Waals surface area contributed by atoms with E-state index in [1.165, 1.54) is 44.9 Å². The summed E-state index contributed by atoms with van der Waals surface area (Å²) in [6.07, 6.45) is 13.4. The molecule has 2 aliphatic rings. The van der Waals surface area contributed by atoms with Crippen molar-refractivity contribution in [1.29, 1.82) is 0 Å². The van der Waals surface area contributed by atoms with Gasteiger partial charge in [-0.15, -0.1) is 24.0 Å². The van der Waals surface area contributed by atoms with Crippen LogP contribution >= 0.6 is 24.0 Å². The van der Waals surface area contributed by atoms with Crippen LogP contribution in [0.3, 0.4) is 0 Å². The highest BCUT2D eigenvalue weighted by molar-refractivity contribution is 14.0. The van der Waals surface area contributed by atoms with Crippen molar-refractivity contribution in [2.45, 2.75) is 44.9 Å². The molecule has 0 unspecified atom stereocenters. The van der Waals surface area contributed by atoms with E-state index in [2.05, 4.69) is 30.1 Å². The predicted molar refractivity (Wildman–Crippen MR) is 118 cm³/mol. The number of halogens is 1. The van der Waals surface area contributed by atoms with Gasteiger partial charge in [-0.05, 0) is 24.8 Å². The normalized spacial score (nSPS) is 20.1. The van der Waals surface area contributed by atoms with Crippen molar-refractivity contribution < 1.29 is 0 Å². The molecule has 1 saturated heterocycles. The second-order valence-corrected chi connectivity index (χ2v) is 7.16. The monoisotopic (exact) mass is 472 g/mol. The van der Waals surface area contributed by atoms with Gasteiger partial charge in [-0.25, -0.2) is 9.97 Å². The molecule has 2 heterocycles. The van der Waals surface area contributed by atoms with Crippen LogP contribution in [0.15, 0.2) is 23.5 Å². The van der Waals surface area contributed by atoms with Crippen LogP contribution in [0.2, 0.25) is 0 Å². The van der Waals surface area contributed by atoms with E-state index in [0.717, 1.165) is 50.5 Å². The van der Waals surface area contributed by atoms with Gasteiger partial charge in [-0.3, -0.25) is 4.99 Å². The average Bonchev–Trinajstić information content (AvgIpc) is 2.65. The SMILES string of the molecule is CN=C(NCC1CCCCCCC1)N1CCN(c2ncccn2)CC1.I. The van der Waals surface area contributed by atoms with Crippen molar-refractivity contribution >= 4 is 35.9 Å². The van der Waals surface area contributed by atoms with Crippen LogP contribution in [-0.2, 0) is 0 Å². The minimum Gasteiger partial charge on any atom is -0.356 e. The summed E-state index contributed by atoms with van der Waals surface area (Å²) in [5.41, 5.74) is 0. The molecule has 0 aromatic carbocycles. The van der Waals surface area contributed by atoms with E-state index >= 15 is 0 Å². The summed E-state index contributed by atoms with van der Waals surface area (Å²) < 4.78 is 0. The van der Waals surface area contributed by atoms with Gasteiger partial charge in [0.05, 0.1) is 0 Å². The highest BCUT2D eigenvalue weighted by Gasteiger charge is 2.21. The molecule has 1 aliphatic carbocycles. The van der Waals surface area contributed by atoms with Crippen LogP contribution in [0, 0.1) is 5.92 Å². The van der Waals surface area contributed by atoms with Crippen LogP contribution in [0.1, 0.15) is 44.9 Å². The van der Waals surface area contributed by atoms with Crippen molar-refractivity contribution in [1.82, 2.24) is 20.2 Å². The summed E-state index contributed by atoms with van der Waals surface area (Å²) in [5.74, 6) is 2.69. The Bertz CT molecular complexity index is 522. The number of hydrogen-bond acceptors (Lipinski definition) is 4. The number of aromatic nitrogens is 2. The van der Waals surface area contributed by atoms with E-state index < -0.39 is 0 Å². The first kappa shape index (κ1) is 21.2. The standard InChI is InChI=1S/C19H32N6.HI/c1-20-18(23-16-17-8-5-3-2-4-6-9-17)24-12-14-25(15-13-24)19-21-10-7-11-22-19;/h7,10-11,17H,2-6,8-9,12-16H2,1H3,(H,20,23);1H. The second kappa shape index (κ2) is 11.6. The number of piperazine rings is 1. The summed E-state index contributed by atoms with van der Waals surface area (Å²) in [6, 6.07) is 1.86. The molecule has 0 amide bonds. The predicted octanol–water partition coefficient (Wildman–Crippen LogP) is 3.15. The zero-order valence-corrected chi connectivity index (χ0v) is 18.3. The third kappa shape index (κ3) is 6.25. The maximum absolute atomic E-state index is 4.52. The van der Waals surface area contributed by atoms with Crippen LogP contribution < -0.4 is 10.2 Å². The average molecular weight is 472 g/mol. The lowest BCUT2D eigenvalue weighted by molar-refractivity contribution is 0.347. The molecule has 0 bridgehead atoms. The van der Waals surface area contributed by atoms with Crippen LogP contribution in [-0.4, -0.2) is 60.6 Å². The minimum absolute atomic E-state index is 0. The maximum atomic E-state index is 4.52. The van der Waals surface area contributed by atoms with E-state index in [-0.39, 0.29) is 24.0 Å². The number of rotatable bonds is 3. The molecule has 26 heavy (non-hydrogen) atoms. The Morgan fingerprint density at radius 2 is 1.65 bits per heavy atom. The largest absolute Gasteiger partial charge is 0.356 e. The zero-order valence-electron chi connectivity index (χ0n) is 15.9. The Hall–Kier alpha value is -1.12. The number of anilines is 1. The molecule has 1 aromatic heterocycles. The Kier molecular flexibility index (Phi) is 9.42. The first-order valence-corrected chi connectivity index (χ1v) is 9.84. The van der Waals surface area contributed by atoms with E-state index in [1.807, 2.05) is 25.5 Å². The van der Waals surface area contributed by atoms with E-state index in [0.29, 0.717) is 0 Å². The molecule has 0 atom stereocenters. The summed E-state index contributed by atoms with van der Waals surface area (Å²) in [5, 5.41) is 3.64. The first-order chi connectivity index (χ1) is 12.4. The molecule has 1 saturated carbocycles. The van der Waals surface area contributed by atoms with E-state index in [1.54, 1.807) is 0 Å². The lowest BCUT2D eigenvalue weighted by Crippen LogP contribution is -2.53. The van der Waals surface area contributed by atoms with Crippen molar-refractivity contribution in [3.05, 3.63) is 18.5 Å². The zero-order chi connectivity index (χ0) is 17.3. The van der Waals surface area contributed by atoms with Crippen LogP contribution in [0.25, 0.3) is 0 Å². The van der Waals surface area contributed by atoms with Crippen molar-refractivity contribution in [3.63, 3.8) is 0 Å². The smallest absolute Gasteiger partial charge is 0.225 e. The Morgan fingerprint density at radius 3 is 2.27 bits per heavy atom. The Balaban J connectivity index is 0.00000243. The minimum atomic E-state index is 0.